The van der Waals surface area contributed by atoms with E-state index in [2.05, 4.69) is 117 Å². The molecular weight excluding hydrogens is 833 g/mol. The van der Waals surface area contributed by atoms with E-state index in [9.17, 15) is 9.59 Å². The van der Waals surface area contributed by atoms with Crippen LogP contribution in [0.1, 0.15) is 125 Å². The van der Waals surface area contributed by atoms with E-state index in [4.69, 9.17) is 16.1 Å². The molecule has 5 fully saturated rings. The molecule has 0 N–H and O–H groups in total. The van der Waals surface area contributed by atoms with E-state index in [0.29, 0.717) is 36.2 Å². The predicted octanol–water partition coefficient (Wildman–Crippen LogP) is 9.36. The predicted molar refractivity (Wildman–Crippen MR) is 266 cm³/mol. The van der Waals surface area contributed by atoms with E-state index in [1.165, 1.54) is 30.5 Å². The van der Waals surface area contributed by atoms with Gasteiger partial charge in [0.05, 0.1) is 6.61 Å². The zero-order valence-corrected chi connectivity index (χ0v) is 43.6. The number of allylic oxidation sites excluding steroid dienone is 1. The summed E-state index contributed by atoms with van der Waals surface area (Å²) >= 11 is 0. The minimum atomic E-state index is -0.412. The highest BCUT2D eigenvalue weighted by molar-refractivity contribution is 5.72. The number of rotatable bonds is 13. The van der Waals surface area contributed by atoms with Gasteiger partial charge < -0.3 is 24.2 Å². The van der Waals surface area contributed by atoms with Gasteiger partial charge in [-0.25, -0.2) is 14.2 Å². The minimum Gasteiger partial charge on any atom is -0.460 e. The molecule has 5 aliphatic carbocycles. The summed E-state index contributed by atoms with van der Waals surface area (Å²) in [5.74, 6) is 2.01. The third kappa shape index (κ3) is 8.46. The fraction of sp³-hybridized carbons (Fsp3) is 0.667. The van der Waals surface area contributed by atoms with Crippen molar-refractivity contribution in [1.29, 1.82) is 0 Å². The summed E-state index contributed by atoms with van der Waals surface area (Å²) in [4.78, 5) is 34.2. The van der Waals surface area contributed by atoms with Crippen LogP contribution in [-0.4, -0.2) is 66.9 Å². The Morgan fingerprint density at radius 1 is 0.642 bits per heavy atom. The molecule has 0 bridgehead atoms. The van der Waals surface area contributed by atoms with Gasteiger partial charge in [0.25, 0.3) is 12.1 Å². The third-order valence-electron chi connectivity index (χ3n) is 19.9. The van der Waals surface area contributed by atoms with Gasteiger partial charge in [-0.1, -0.05) is 41.2 Å². The summed E-state index contributed by atoms with van der Waals surface area (Å²) in [7, 11) is 12.3. The molecule has 8 rings (SSSR count). The Labute approximate surface area is 403 Å². The normalized spacial score (nSPS) is 33.7. The number of hydrogen-bond donors (Lipinski definition) is 0. The number of anilines is 3. The van der Waals surface area contributed by atoms with Gasteiger partial charge in [-0.05, 0) is 116 Å². The van der Waals surface area contributed by atoms with Crippen molar-refractivity contribution in [2.75, 3.05) is 63.6 Å². The van der Waals surface area contributed by atoms with Gasteiger partial charge in [-0.15, -0.1) is 0 Å². The average Bonchev–Trinajstić information content (AvgIpc) is 3.69. The summed E-state index contributed by atoms with van der Waals surface area (Å²) in [5, 5.41) is 0. The molecule has 2 unspecified atom stereocenters. The number of hydrogen-bond acceptors (Lipinski definition) is 7. The molecule has 67 heavy (non-hydrogen) atoms. The first kappa shape index (κ1) is 49.0. The first-order valence-corrected chi connectivity index (χ1v) is 25.6. The number of ether oxygens (including phenoxy) is 2. The molecule has 0 saturated heterocycles. The summed E-state index contributed by atoms with van der Waals surface area (Å²) < 4.78 is 19.4. The quantitative estimate of drug-likeness (QED) is 0.0962. The lowest BCUT2D eigenvalue weighted by Crippen LogP contribution is -2.67. The number of carbonyl (C=O) groups is 2. The maximum Gasteiger partial charge on any atom is 0.375 e. The standard InChI is InChI=1S/C57H85N6O4/c1-39(37-61-31-20-42(21-32-61)58(9)10)45-17-28-57(38-66-51(64)40(2)62-33-22-43(23-34-62)59(11)12)30-29-55(7)46(50(45)57)15-16-48-54(6)26-19-49(53(4,5)47(54)18-27-56(48,55)8)67-52(65)41(3)63-35-24-44(25-36-63)60(13)14/h20-25,31-36,40-41,45-50H,1,15-19,26-30,37-38H2,2-14H3/q+3/t40?,41?,45-,46+,47-,48+,49-,50+,54-,55+,56+,57+/m0/s1. The highest BCUT2D eigenvalue weighted by Crippen LogP contribution is 2.77. The molecule has 0 radical (unpaired) electrons. The molecule has 0 aromatic carbocycles. The van der Waals surface area contributed by atoms with E-state index < -0.39 is 12.1 Å². The zero-order valence-electron chi connectivity index (χ0n) is 43.6. The second-order valence-corrected chi connectivity index (χ2v) is 24.0. The van der Waals surface area contributed by atoms with E-state index in [1.807, 2.05) is 76.0 Å². The number of esters is 2. The molecule has 10 heteroatoms. The summed E-state index contributed by atoms with van der Waals surface area (Å²) in [6.07, 6.45) is 23.4. The largest absolute Gasteiger partial charge is 0.460 e. The molecular formula is C57H85N6O4+3. The maximum atomic E-state index is 14.0. The number of pyridine rings is 3. The highest BCUT2D eigenvalue weighted by Gasteiger charge is 2.71. The van der Waals surface area contributed by atoms with Crippen LogP contribution in [0.2, 0.25) is 0 Å². The van der Waals surface area contributed by atoms with Crippen molar-refractivity contribution in [3.05, 3.63) is 85.7 Å². The number of fused-ring (bicyclic) bond motifs is 7. The van der Waals surface area contributed by atoms with Crippen LogP contribution in [0.25, 0.3) is 0 Å². The molecule has 5 saturated carbocycles. The van der Waals surface area contributed by atoms with Crippen molar-refractivity contribution >= 4 is 29.0 Å². The van der Waals surface area contributed by atoms with E-state index in [0.717, 1.165) is 62.9 Å². The molecule has 3 aromatic heterocycles. The molecule has 3 heterocycles. The molecule has 10 nitrogen and oxygen atoms in total. The van der Waals surface area contributed by atoms with Crippen molar-refractivity contribution in [3.63, 3.8) is 0 Å². The first-order valence-electron chi connectivity index (χ1n) is 25.6. The number of aromatic nitrogens is 3. The third-order valence-corrected chi connectivity index (χ3v) is 19.9. The lowest BCUT2D eigenvalue weighted by molar-refractivity contribution is -0.707. The number of nitrogens with zero attached hydrogens (tertiary/aromatic N) is 6. The summed E-state index contributed by atoms with van der Waals surface area (Å²) in [6, 6.07) is 11.8. The minimum absolute atomic E-state index is 0.0793. The maximum absolute atomic E-state index is 14.0. The van der Waals surface area contributed by atoms with Gasteiger partial charge >= 0.3 is 11.9 Å². The fourth-order valence-corrected chi connectivity index (χ4v) is 15.6. The molecule has 5 aliphatic rings. The molecule has 0 spiro atoms. The Hall–Kier alpha value is -4.47. The Morgan fingerprint density at radius 3 is 1.73 bits per heavy atom. The average molecular weight is 918 g/mol. The van der Waals surface area contributed by atoms with Crippen LogP contribution in [-0.2, 0) is 25.6 Å². The molecule has 12 atom stereocenters. The fourth-order valence-electron chi connectivity index (χ4n) is 15.6. The zero-order chi connectivity index (χ0) is 48.4. The topological polar surface area (TPSA) is 74.0 Å². The Balaban J connectivity index is 1.04. The Bertz CT molecular complexity index is 2280. The van der Waals surface area contributed by atoms with Gasteiger partial charge in [0.15, 0.2) is 43.7 Å². The van der Waals surface area contributed by atoms with E-state index in [-0.39, 0.29) is 45.1 Å². The van der Waals surface area contributed by atoms with Crippen molar-refractivity contribution in [2.45, 2.75) is 137 Å². The van der Waals surface area contributed by atoms with Gasteiger partial charge in [0.2, 0.25) is 0 Å². The van der Waals surface area contributed by atoms with Crippen molar-refractivity contribution in [3.8, 4) is 0 Å². The second-order valence-electron chi connectivity index (χ2n) is 24.0. The Morgan fingerprint density at radius 2 is 1.18 bits per heavy atom. The van der Waals surface area contributed by atoms with Crippen LogP contribution < -0.4 is 28.4 Å². The second kappa shape index (κ2) is 18.1. The smallest absolute Gasteiger partial charge is 0.375 e. The van der Waals surface area contributed by atoms with Crippen LogP contribution in [0.4, 0.5) is 17.1 Å². The van der Waals surface area contributed by atoms with Gasteiger partial charge in [-0.2, -0.15) is 9.13 Å². The van der Waals surface area contributed by atoms with Crippen molar-refractivity contribution in [1.82, 2.24) is 0 Å². The van der Waals surface area contributed by atoms with Crippen molar-refractivity contribution < 1.29 is 32.8 Å². The lowest BCUT2D eigenvalue weighted by Gasteiger charge is -2.73. The Kier molecular flexibility index (Phi) is 13.2. The van der Waals surface area contributed by atoms with Gasteiger partial charge in [0, 0.05) is 120 Å². The molecule has 0 amide bonds. The van der Waals surface area contributed by atoms with Gasteiger partial charge in [-0.3, -0.25) is 0 Å². The van der Waals surface area contributed by atoms with Crippen molar-refractivity contribution in [2.24, 2.45) is 56.7 Å². The van der Waals surface area contributed by atoms with E-state index >= 15 is 0 Å². The van der Waals surface area contributed by atoms with Crippen LogP contribution in [0, 0.1) is 56.7 Å². The highest BCUT2D eigenvalue weighted by atomic mass is 16.5. The molecule has 0 aliphatic heterocycles. The number of carbonyl (C=O) groups excluding carboxylic acids is 2. The SMILES string of the molecule is C=C(C[n+]1ccc(N(C)C)cc1)[C@@H]1CC[C@]2(COC(=O)C(C)[n+]3ccc(N(C)C)cc3)CC[C@]3(C)[C@H](CC[C@@H]4[C@@]5(C)CC[C@H](OC(=O)C(C)[n+]6ccc(N(C)C)cc6)C(C)(C)[C@@H]5CC[C@]43C)[C@@H]12. The first-order chi connectivity index (χ1) is 31.6. The molecule has 3 aromatic rings. The van der Waals surface area contributed by atoms with Crippen LogP contribution in [0.15, 0.2) is 85.7 Å². The molecule has 364 valence electrons. The van der Waals surface area contributed by atoms with E-state index in [1.54, 1.807) is 0 Å². The summed E-state index contributed by atoms with van der Waals surface area (Å²) in [5.41, 5.74) is 4.91. The lowest BCUT2D eigenvalue weighted by atomic mass is 9.32. The summed E-state index contributed by atoms with van der Waals surface area (Å²) in [6.45, 7) is 22.9. The van der Waals surface area contributed by atoms with Gasteiger partial charge in [0.1, 0.15) is 6.10 Å². The van der Waals surface area contributed by atoms with Crippen LogP contribution >= 0.6 is 0 Å². The van der Waals surface area contributed by atoms with Crippen LogP contribution in [0.3, 0.4) is 0 Å². The van der Waals surface area contributed by atoms with Crippen LogP contribution in [0.5, 0.6) is 0 Å². The monoisotopic (exact) mass is 918 g/mol.